The van der Waals surface area contributed by atoms with Crippen LogP contribution in [0.1, 0.15) is 53.4 Å². The molecule has 0 spiro atoms. The highest BCUT2D eigenvalue weighted by atomic mass is 16.5. The zero-order valence-electron chi connectivity index (χ0n) is 13.9. The Kier molecular flexibility index (Phi) is 6.46. The first kappa shape index (κ1) is 17.4. The third kappa shape index (κ3) is 4.45. The van der Waals surface area contributed by atoms with E-state index in [-0.39, 0.29) is 11.4 Å². The molecule has 20 heavy (non-hydrogen) atoms. The minimum atomic E-state index is -0.482. The summed E-state index contributed by atoms with van der Waals surface area (Å²) in [5.41, 5.74) is -0.279. The summed E-state index contributed by atoms with van der Waals surface area (Å²) in [5.74, 6) is -0.0928. The van der Waals surface area contributed by atoms with E-state index in [0.717, 1.165) is 45.4 Å². The molecule has 0 aromatic rings. The van der Waals surface area contributed by atoms with E-state index in [9.17, 15) is 4.79 Å². The standard InChI is InChI=1S/C16H32N2O2/c1-6-18(7-2)12-11-17-16(14(19)20-5)10-8-9-15(3,4)13-16/h17H,6-13H2,1-5H3. The number of methoxy groups -OCH3 is 1. The molecule has 4 nitrogen and oxygen atoms in total. The van der Waals surface area contributed by atoms with Gasteiger partial charge in [-0.3, -0.25) is 4.79 Å². The van der Waals surface area contributed by atoms with E-state index in [1.165, 1.54) is 13.5 Å². The fourth-order valence-electron chi connectivity index (χ4n) is 3.45. The second-order valence-corrected chi connectivity index (χ2v) is 6.72. The maximum atomic E-state index is 12.3. The summed E-state index contributed by atoms with van der Waals surface area (Å²) in [6.45, 7) is 12.8. The molecule has 1 rings (SSSR count). The molecule has 1 aliphatic rings. The molecule has 0 heterocycles. The highest BCUT2D eigenvalue weighted by molar-refractivity contribution is 5.81. The third-order valence-electron chi connectivity index (χ3n) is 4.60. The molecular formula is C16H32N2O2. The Morgan fingerprint density at radius 2 is 1.90 bits per heavy atom. The molecule has 0 aliphatic heterocycles. The Morgan fingerprint density at radius 3 is 2.40 bits per heavy atom. The van der Waals surface area contributed by atoms with Gasteiger partial charge in [0.1, 0.15) is 5.54 Å². The van der Waals surface area contributed by atoms with Crippen LogP contribution in [0.5, 0.6) is 0 Å². The predicted octanol–water partition coefficient (Wildman–Crippen LogP) is 2.43. The number of hydrogen-bond acceptors (Lipinski definition) is 4. The molecule has 0 saturated heterocycles. The molecule has 1 atom stereocenters. The number of rotatable bonds is 7. The van der Waals surface area contributed by atoms with Gasteiger partial charge in [0.2, 0.25) is 0 Å². The van der Waals surface area contributed by atoms with Crippen molar-refractivity contribution in [1.29, 1.82) is 0 Å². The number of nitrogens with zero attached hydrogens (tertiary/aromatic N) is 1. The van der Waals surface area contributed by atoms with Crippen LogP contribution < -0.4 is 5.32 Å². The summed E-state index contributed by atoms with van der Waals surface area (Å²) in [5, 5.41) is 3.52. The van der Waals surface area contributed by atoms with Gasteiger partial charge in [-0.05, 0) is 37.8 Å². The van der Waals surface area contributed by atoms with Crippen molar-refractivity contribution in [3.8, 4) is 0 Å². The summed E-state index contributed by atoms with van der Waals surface area (Å²) in [6, 6.07) is 0. The summed E-state index contributed by atoms with van der Waals surface area (Å²) in [6.07, 6.45) is 4.02. The van der Waals surface area contributed by atoms with Gasteiger partial charge in [-0.1, -0.05) is 34.1 Å². The van der Waals surface area contributed by atoms with Crippen LogP contribution in [0, 0.1) is 5.41 Å². The third-order valence-corrected chi connectivity index (χ3v) is 4.60. The van der Waals surface area contributed by atoms with Crippen molar-refractivity contribution in [3.05, 3.63) is 0 Å². The Morgan fingerprint density at radius 1 is 1.25 bits per heavy atom. The lowest BCUT2D eigenvalue weighted by atomic mass is 9.68. The fraction of sp³-hybridized carbons (Fsp3) is 0.938. The lowest BCUT2D eigenvalue weighted by Gasteiger charge is -2.43. The number of carbonyl (C=O) groups excluding carboxylic acids is 1. The van der Waals surface area contributed by atoms with Crippen LogP contribution >= 0.6 is 0 Å². The number of carbonyl (C=O) groups is 1. The molecule has 0 bridgehead atoms. The Bertz CT molecular complexity index is 314. The molecule has 118 valence electrons. The summed E-state index contributed by atoms with van der Waals surface area (Å²) < 4.78 is 5.08. The number of ether oxygens (including phenoxy) is 1. The molecule has 1 aliphatic carbocycles. The number of nitrogens with one attached hydrogen (secondary N) is 1. The second kappa shape index (κ2) is 7.41. The van der Waals surface area contributed by atoms with Crippen molar-refractivity contribution in [3.63, 3.8) is 0 Å². The smallest absolute Gasteiger partial charge is 0.326 e. The first-order valence-electron chi connectivity index (χ1n) is 7.95. The van der Waals surface area contributed by atoms with Crippen molar-refractivity contribution in [2.24, 2.45) is 5.41 Å². The average Bonchev–Trinajstić information content (AvgIpc) is 2.41. The predicted molar refractivity (Wildman–Crippen MR) is 82.8 cm³/mol. The highest BCUT2D eigenvalue weighted by Gasteiger charge is 2.46. The van der Waals surface area contributed by atoms with Crippen LogP contribution in [-0.4, -0.2) is 49.7 Å². The zero-order valence-corrected chi connectivity index (χ0v) is 13.9. The van der Waals surface area contributed by atoms with E-state index < -0.39 is 5.54 Å². The van der Waals surface area contributed by atoms with Gasteiger partial charge in [-0.2, -0.15) is 0 Å². The molecule has 4 heteroatoms. The van der Waals surface area contributed by atoms with Crippen LogP contribution in [0.4, 0.5) is 0 Å². The molecule has 0 aromatic heterocycles. The second-order valence-electron chi connectivity index (χ2n) is 6.72. The quantitative estimate of drug-likeness (QED) is 0.729. The summed E-state index contributed by atoms with van der Waals surface area (Å²) in [4.78, 5) is 14.7. The Hall–Kier alpha value is -0.610. The normalized spacial score (nSPS) is 25.7. The number of likely N-dealkylation sites (N-methyl/N-ethyl adjacent to an activating group) is 1. The SMILES string of the molecule is CCN(CC)CCNC1(C(=O)OC)CCCC(C)(C)C1. The minimum Gasteiger partial charge on any atom is -0.468 e. The van der Waals surface area contributed by atoms with Crippen molar-refractivity contribution in [2.45, 2.75) is 58.9 Å². The van der Waals surface area contributed by atoms with Crippen molar-refractivity contribution < 1.29 is 9.53 Å². The lowest BCUT2D eigenvalue weighted by molar-refractivity contribution is -0.152. The van der Waals surface area contributed by atoms with Gasteiger partial charge in [0.15, 0.2) is 0 Å². The maximum absolute atomic E-state index is 12.3. The molecule has 0 aromatic carbocycles. The first-order chi connectivity index (χ1) is 9.39. The molecular weight excluding hydrogens is 252 g/mol. The van der Waals surface area contributed by atoms with Crippen LogP contribution in [0.3, 0.4) is 0 Å². The van der Waals surface area contributed by atoms with E-state index in [0.29, 0.717) is 0 Å². The minimum absolute atomic E-state index is 0.0928. The van der Waals surface area contributed by atoms with Gasteiger partial charge < -0.3 is 15.0 Å². The highest BCUT2D eigenvalue weighted by Crippen LogP contribution is 2.41. The van der Waals surface area contributed by atoms with Gasteiger partial charge in [-0.25, -0.2) is 0 Å². The number of hydrogen-bond donors (Lipinski definition) is 1. The molecule has 1 fully saturated rings. The van der Waals surface area contributed by atoms with Crippen molar-refractivity contribution in [1.82, 2.24) is 10.2 Å². The molecule has 1 N–H and O–H groups in total. The Labute approximate surface area is 124 Å². The largest absolute Gasteiger partial charge is 0.468 e. The fourth-order valence-corrected chi connectivity index (χ4v) is 3.45. The average molecular weight is 284 g/mol. The van der Waals surface area contributed by atoms with E-state index >= 15 is 0 Å². The molecule has 1 saturated carbocycles. The van der Waals surface area contributed by atoms with E-state index in [4.69, 9.17) is 4.74 Å². The van der Waals surface area contributed by atoms with Gasteiger partial charge in [0.25, 0.3) is 0 Å². The van der Waals surface area contributed by atoms with Crippen molar-refractivity contribution in [2.75, 3.05) is 33.3 Å². The van der Waals surface area contributed by atoms with E-state index in [1.807, 2.05) is 0 Å². The van der Waals surface area contributed by atoms with Crippen LogP contribution in [-0.2, 0) is 9.53 Å². The van der Waals surface area contributed by atoms with Gasteiger partial charge in [-0.15, -0.1) is 0 Å². The van der Waals surface area contributed by atoms with Crippen molar-refractivity contribution >= 4 is 5.97 Å². The topological polar surface area (TPSA) is 41.6 Å². The zero-order chi connectivity index (χ0) is 15.2. The van der Waals surface area contributed by atoms with Gasteiger partial charge in [0, 0.05) is 13.1 Å². The number of esters is 1. The van der Waals surface area contributed by atoms with Crippen LogP contribution in [0.2, 0.25) is 0 Å². The van der Waals surface area contributed by atoms with Gasteiger partial charge in [0.05, 0.1) is 7.11 Å². The van der Waals surface area contributed by atoms with Crippen LogP contribution in [0.15, 0.2) is 0 Å². The van der Waals surface area contributed by atoms with Crippen LogP contribution in [0.25, 0.3) is 0 Å². The van der Waals surface area contributed by atoms with E-state index in [2.05, 4.69) is 37.9 Å². The van der Waals surface area contributed by atoms with E-state index in [1.54, 1.807) is 0 Å². The van der Waals surface area contributed by atoms with Gasteiger partial charge >= 0.3 is 5.97 Å². The monoisotopic (exact) mass is 284 g/mol. The summed E-state index contributed by atoms with van der Waals surface area (Å²) >= 11 is 0. The molecule has 0 amide bonds. The lowest BCUT2D eigenvalue weighted by Crippen LogP contribution is -2.58. The Balaban J connectivity index is 2.67. The molecule has 0 radical (unpaired) electrons. The summed E-state index contributed by atoms with van der Waals surface area (Å²) in [7, 11) is 1.50. The maximum Gasteiger partial charge on any atom is 0.326 e. The first-order valence-corrected chi connectivity index (χ1v) is 7.95. The molecule has 1 unspecified atom stereocenters.